The summed E-state index contributed by atoms with van der Waals surface area (Å²) in [6.45, 7) is -0.505. The molecule has 13 heteroatoms. The summed E-state index contributed by atoms with van der Waals surface area (Å²) >= 11 is 1.91. The fraction of sp³-hybridized carbons (Fsp3) is 0.200. The Kier molecular flexibility index (Phi) is 7.38. The molecular formula is C30H22F3N3O5S2. The molecular weight excluding hydrogens is 603 g/mol. The molecule has 0 saturated carbocycles. The van der Waals surface area contributed by atoms with Gasteiger partial charge in [-0.05, 0) is 36.4 Å². The van der Waals surface area contributed by atoms with Crippen molar-refractivity contribution in [3.8, 4) is 5.75 Å². The van der Waals surface area contributed by atoms with E-state index in [4.69, 9.17) is 4.74 Å². The quantitative estimate of drug-likeness (QED) is 0.290. The summed E-state index contributed by atoms with van der Waals surface area (Å²) in [4.78, 5) is 55.2. The lowest BCUT2D eigenvalue weighted by Crippen LogP contribution is -2.33. The number of nitrogens with one attached hydrogen (secondary N) is 1. The second-order valence-corrected chi connectivity index (χ2v) is 12.0. The maximum atomic E-state index is 13.9. The second kappa shape index (κ2) is 11.0. The summed E-state index contributed by atoms with van der Waals surface area (Å²) < 4.78 is 46.3. The molecule has 0 radical (unpaired) electrons. The molecule has 1 fully saturated rings. The first kappa shape index (κ1) is 28.7. The predicted molar refractivity (Wildman–Crippen MR) is 156 cm³/mol. The number of thiazole rings is 1. The second-order valence-electron chi connectivity index (χ2n) is 9.88. The van der Waals surface area contributed by atoms with Crippen molar-refractivity contribution in [1.82, 2.24) is 4.57 Å². The van der Waals surface area contributed by atoms with Crippen molar-refractivity contribution >= 4 is 52.2 Å². The van der Waals surface area contributed by atoms with Crippen LogP contribution in [0, 0.1) is 5.92 Å². The largest absolute Gasteiger partial charge is 0.496 e. The van der Waals surface area contributed by atoms with Crippen LogP contribution in [-0.2, 0) is 27.1 Å². The van der Waals surface area contributed by atoms with E-state index in [1.807, 2.05) is 0 Å². The van der Waals surface area contributed by atoms with E-state index in [1.165, 1.54) is 23.8 Å². The molecule has 3 amide bonds. The molecule has 1 aromatic heterocycles. The number of imide groups is 1. The molecule has 3 heterocycles. The fourth-order valence-corrected chi connectivity index (χ4v) is 8.23. The monoisotopic (exact) mass is 625 g/mol. The van der Waals surface area contributed by atoms with E-state index in [0.717, 1.165) is 40.1 Å². The lowest BCUT2D eigenvalue weighted by molar-refractivity contribution is -0.137. The van der Waals surface area contributed by atoms with Crippen LogP contribution in [0.1, 0.15) is 21.9 Å². The van der Waals surface area contributed by atoms with Gasteiger partial charge in [-0.3, -0.25) is 23.7 Å². The van der Waals surface area contributed by atoms with E-state index in [0.29, 0.717) is 26.9 Å². The Bertz CT molecular complexity index is 1800. The van der Waals surface area contributed by atoms with Crippen LogP contribution >= 0.6 is 23.1 Å². The number of nitrogens with zero attached hydrogens (tertiary/aromatic N) is 2. The number of thioether (sulfide) groups is 1. The highest BCUT2D eigenvalue weighted by Crippen LogP contribution is 2.55. The number of rotatable bonds is 6. The maximum Gasteiger partial charge on any atom is 0.416 e. The minimum Gasteiger partial charge on any atom is -0.496 e. The zero-order valence-corrected chi connectivity index (χ0v) is 24.0. The van der Waals surface area contributed by atoms with Crippen molar-refractivity contribution in [3.63, 3.8) is 0 Å². The number of hydrogen-bond acceptors (Lipinski definition) is 7. The fourth-order valence-electron chi connectivity index (χ4n) is 5.46. The molecule has 0 spiro atoms. The molecule has 43 heavy (non-hydrogen) atoms. The lowest BCUT2D eigenvalue weighted by atomic mass is 9.82. The Morgan fingerprint density at radius 1 is 0.953 bits per heavy atom. The van der Waals surface area contributed by atoms with E-state index >= 15 is 0 Å². The molecule has 2 aliphatic heterocycles. The SMILES string of the molecule is COc1ccccc1C1c2sc(=O)n(CC(=O)Nc3cccc(C(F)(F)F)c3)c2SC2C(=O)N(c3ccccc3)C(=O)C21. The highest BCUT2D eigenvalue weighted by atomic mass is 32.2. The normalized spacial score (nSPS) is 19.6. The number of ether oxygens (including phenoxy) is 1. The average molecular weight is 626 g/mol. The van der Waals surface area contributed by atoms with Crippen LogP contribution in [0.15, 0.2) is 88.7 Å². The number of halogens is 3. The van der Waals surface area contributed by atoms with Gasteiger partial charge in [0.15, 0.2) is 0 Å². The molecule has 1 saturated heterocycles. The van der Waals surface area contributed by atoms with Crippen molar-refractivity contribution in [2.45, 2.75) is 28.9 Å². The van der Waals surface area contributed by atoms with Crippen molar-refractivity contribution in [2.24, 2.45) is 5.92 Å². The Labute approximate surface area is 251 Å². The van der Waals surface area contributed by atoms with Crippen molar-refractivity contribution in [3.05, 3.63) is 105 Å². The molecule has 220 valence electrons. The van der Waals surface area contributed by atoms with E-state index in [-0.39, 0.29) is 5.69 Å². The van der Waals surface area contributed by atoms with Gasteiger partial charge in [0.2, 0.25) is 17.7 Å². The summed E-state index contributed by atoms with van der Waals surface area (Å²) in [5.74, 6) is -2.70. The van der Waals surface area contributed by atoms with Gasteiger partial charge in [-0.25, -0.2) is 4.90 Å². The number of alkyl halides is 3. The van der Waals surface area contributed by atoms with Crippen LogP contribution in [0.5, 0.6) is 5.75 Å². The van der Waals surface area contributed by atoms with E-state index in [9.17, 15) is 32.3 Å². The standard InChI is InChI=1S/C30H22F3N3O5S2/c1-41-20-13-6-5-12-19(20)22-23-24(27(39)36(26(23)38)18-10-3-2-4-11-18)42-28-25(22)43-29(40)35(28)15-21(37)34-17-9-7-8-16(14-17)30(31,32)33/h2-14,22-24H,15H2,1H3,(H,34,37). The molecule has 3 aromatic carbocycles. The Balaban J connectivity index is 1.40. The first-order valence-electron chi connectivity index (χ1n) is 13.0. The predicted octanol–water partition coefficient (Wildman–Crippen LogP) is 5.37. The molecule has 4 aromatic rings. The van der Waals surface area contributed by atoms with Crippen LogP contribution < -0.4 is 19.8 Å². The number of hydrogen-bond donors (Lipinski definition) is 1. The van der Waals surface area contributed by atoms with Gasteiger partial charge in [0.25, 0.3) is 0 Å². The number of carbonyl (C=O) groups excluding carboxylic acids is 3. The molecule has 1 N–H and O–H groups in total. The van der Waals surface area contributed by atoms with Gasteiger partial charge in [-0.15, -0.1) is 0 Å². The van der Waals surface area contributed by atoms with Gasteiger partial charge in [-0.2, -0.15) is 13.2 Å². The third kappa shape index (κ3) is 5.12. The summed E-state index contributed by atoms with van der Waals surface area (Å²) in [6.07, 6.45) is -4.59. The summed E-state index contributed by atoms with van der Waals surface area (Å²) in [6, 6.07) is 19.8. The Morgan fingerprint density at radius 2 is 1.67 bits per heavy atom. The van der Waals surface area contributed by atoms with Gasteiger partial charge in [0.1, 0.15) is 17.5 Å². The van der Waals surface area contributed by atoms with Crippen molar-refractivity contribution in [1.29, 1.82) is 0 Å². The molecule has 3 atom stereocenters. The third-order valence-electron chi connectivity index (χ3n) is 7.31. The summed E-state index contributed by atoms with van der Waals surface area (Å²) in [7, 11) is 1.48. The van der Waals surface area contributed by atoms with Gasteiger partial charge in [0, 0.05) is 22.0 Å². The van der Waals surface area contributed by atoms with Crippen LogP contribution in [0.25, 0.3) is 0 Å². The number of para-hydroxylation sites is 2. The molecule has 0 bridgehead atoms. The molecule has 0 aliphatic carbocycles. The first-order chi connectivity index (χ1) is 20.6. The topological polar surface area (TPSA) is 97.7 Å². The molecule has 3 unspecified atom stereocenters. The highest BCUT2D eigenvalue weighted by Gasteiger charge is 2.57. The zero-order chi connectivity index (χ0) is 30.5. The molecule has 8 nitrogen and oxygen atoms in total. The number of benzene rings is 3. The number of methoxy groups -OCH3 is 1. The number of carbonyl (C=O) groups is 3. The van der Waals surface area contributed by atoms with Gasteiger partial charge in [0.05, 0.1) is 29.3 Å². The van der Waals surface area contributed by atoms with E-state index < -0.39 is 58.0 Å². The van der Waals surface area contributed by atoms with Crippen molar-refractivity contribution in [2.75, 3.05) is 17.3 Å². The van der Waals surface area contributed by atoms with Gasteiger partial charge >= 0.3 is 11.0 Å². The summed E-state index contributed by atoms with van der Waals surface area (Å²) in [5.41, 5.74) is 0.0302. The zero-order valence-electron chi connectivity index (χ0n) is 22.3. The van der Waals surface area contributed by atoms with Crippen LogP contribution in [-0.4, -0.2) is 34.6 Å². The molecule has 2 aliphatic rings. The number of amides is 3. The van der Waals surface area contributed by atoms with E-state index in [1.54, 1.807) is 54.6 Å². The minimum atomic E-state index is -4.59. The highest BCUT2D eigenvalue weighted by molar-refractivity contribution is 8.00. The van der Waals surface area contributed by atoms with Crippen LogP contribution in [0.3, 0.4) is 0 Å². The van der Waals surface area contributed by atoms with Gasteiger partial charge < -0.3 is 10.1 Å². The lowest BCUT2D eigenvalue weighted by Gasteiger charge is -2.31. The number of anilines is 2. The average Bonchev–Trinajstić information content (AvgIpc) is 3.43. The van der Waals surface area contributed by atoms with E-state index in [2.05, 4.69) is 5.32 Å². The minimum absolute atomic E-state index is 0.0772. The maximum absolute atomic E-state index is 13.9. The van der Waals surface area contributed by atoms with Crippen LogP contribution in [0.2, 0.25) is 0 Å². The summed E-state index contributed by atoms with van der Waals surface area (Å²) in [5, 5.41) is 1.87. The Morgan fingerprint density at radius 3 is 2.40 bits per heavy atom. The first-order valence-corrected chi connectivity index (χ1v) is 14.7. The van der Waals surface area contributed by atoms with Crippen molar-refractivity contribution < 1.29 is 32.3 Å². The molecule has 6 rings (SSSR count). The Hall–Kier alpha value is -4.36. The third-order valence-corrected chi connectivity index (χ3v) is 9.92. The van der Waals surface area contributed by atoms with Crippen LogP contribution in [0.4, 0.5) is 24.5 Å². The smallest absolute Gasteiger partial charge is 0.416 e. The number of fused-ring (bicyclic) bond motifs is 2. The van der Waals surface area contributed by atoms with Gasteiger partial charge in [-0.1, -0.05) is 65.6 Å². The number of aromatic nitrogens is 1.